The molecule has 0 unspecified atom stereocenters. The molecule has 0 spiro atoms. The van der Waals surface area contributed by atoms with E-state index in [4.69, 9.17) is 9.47 Å². The number of rotatable bonds is 8. The number of carbonyl (C=O) groups is 1. The van der Waals surface area contributed by atoms with Crippen LogP contribution < -0.4 is 15.0 Å². The van der Waals surface area contributed by atoms with Crippen LogP contribution in [-0.2, 0) is 16.6 Å². The molecule has 2 N–H and O–H groups in total. The highest BCUT2D eigenvalue weighted by Crippen LogP contribution is 2.34. The maximum absolute atomic E-state index is 13.5. The van der Waals surface area contributed by atoms with Gasteiger partial charge in [0, 0.05) is 50.7 Å². The Morgan fingerprint density at radius 3 is 2.71 bits per heavy atom. The quantitative estimate of drug-likeness (QED) is 0.503. The number of carbonyl (C=O) groups excluding carboxylic acids is 1. The lowest BCUT2D eigenvalue weighted by atomic mass is 10.1. The summed E-state index contributed by atoms with van der Waals surface area (Å²) in [6.45, 7) is 5.34. The summed E-state index contributed by atoms with van der Waals surface area (Å²) in [7, 11) is 3.55. The van der Waals surface area contributed by atoms with Gasteiger partial charge in [-0.2, -0.15) is 0 Å². The first-order valence-corrected chi connectivity index (χ1v) is 11.4. The molecular formula is C24H29FN6O4. The minimum atomic E-state index is -0.695. The van der Waals surface area contributed by atoms with Gasteiger partial charge in [-0.1, -0.05) is 0 Å². The van der Waals surface area contributed by atoms with Gasteiger partial charge >= 0.3 is 0 Å². The summed E-state index contributed by atoms with van der Waals surface area (Å²) in [5, 5.41) is 21.3. The molecule has 10 nitrogen and oxygen atoms in total. The van der Waals surface area contributed by atoms with Gasteiger partial charge in [-0.25, -0.2) is 4.39 Å². The molecule has 1 saturated heterocycles. The van der Waals surface area contributed by atoms with E-state index in [9.17, 15) is 14.3 Å². The minimum absolute atomic E-state index is 0.104. The average molecular weight is 485 g/mol. The molecule has 0 atom stereocenters. The summed E-state index contributed by atoms with van der Waals surface area (Å²) in [5.41, 5.74) is 1.88. The van der Waals surface area contributed by atoms with Crippen LogP contribution in [0.1, 0.15) is 6.92 Å². The van der Waals surface area contributed by atoms with Crippen molar-refractivity contribution in [3.05, 3.63) is 42.2 Å². The highest BCUT2D eigenvalue weighted by molar-refractivity contribution is 5.93. The molecular weight excluding hydrogens is 455 g/mol. The van der Waals surface area contributed by atoms with E-state index in [-0.39, 0.29) is 5.91 Å². The van der Waals surface area contributed by atoms with Crippen LogP contribution in [0.15, 0.2) is 36.4 Å². The molecule has 1 aliphatic rings. The second-order valence-electron chi connectivity index (χ2n) is 8.16. The van der Waals surface area contributed by atoms with Gasteiger partial charge in [0.05, 0.1) is 31.9 Å². The lowest BCUT2D eigenvalue weighted by Gasteiger charge is -2.25. The summed E-state index contributed by atoms with van der Waals surface area (Å²) in [4.78, 5) is 16.3. The molecule has 1 aromatic heterocycles. The first-order valence-electron chi connectivity index (χ1n) is 11.4. The molecule has 0 radical (unpaired) electrons. The van der Waals surface area contributed by atoms with Crippen molar-refractivity contribution in [2.45, 2.75) is 6.92 Å². The Balaban J connectivity index is 1.55. The van der Waals surface area contributed by atoms with E-state index in [2.05, 4.69) is 20.4 Å². The summed E-state index contributed by atoms with van der Waals surface area (Å²) < 4.78 is 26.4. The second kappa shape index (κ2) is 10.7. The highest BCUT2D eigenvalue weighted by Gasteiger charge is 2.20. The summed E-state index contributed by atoms with van der Waals surface area (Å²) in [5.74, 6) is 0.345. The number of nitrogens with zero attached hydrogens (tertiary/aromatic N) is 5. The van der Waals surface area contributed by atoms with Crippen LogP contribution in [-0.4, -0.2) is 77.2 Å². The van der Waals surface area contributed by atoms with Gasteiger partial charge in [0.25, 0.3) is 0 Å². The van der Waals surface area contributed by atoms with Crippen molar-refractivity contribution in [2.75, 3.05) is 56.7 Å². The normalized spacial score (nSPS) is 14.1. The third kappa shape index (κ3) is 5.52. The van der Waals surface area contributed by atoms with Crippen LogP contribution in [0.5, 0.6) is 11.5 Å². The number of morpholine rings is 1. The van der Waals surface area contributed by atoms with Gasteiger partial charge in [-0.05, 0) is 31.2 Å². The number of anilines is 3. The first kappa shape index (κ1) is 24.4. The van der Waals surface area contributed by atoms with Crippen LogP contribution in [0.4, 0.5) is 21.7 Å². The highest BCUT2D eigenvalue weighted by atomic mass is 19.1. The fraction of sp³-hybridized carbons (Fsp3) is 0.375. The number of phenolic OH excluding ortho intramolecular Hbond substituents is 1. The van der Waals surface area contributed by atoms with Crippen molar-refractivity contribution in [1.82, 2.24) is 19.7 Å². The number of aromatic nitrogens is 3. The van der Waals surface area contributed by atoms with Crippen LogP contribution in [0, 0.1) is 5.82 Å². The van der Waals surface area contributed by atoms with Gasteiger partial charge in [-0.3, -0.25) is 14.3 Å². The molecule has 2 aromatic carbocycles. The Kier molecular flexibility index (Phi) is 7.47. The molecule has 4 rings (SSSR count). The number of aromatic hydroxyl groups is 1. The zero-order valence-electron chi connectivity index (χ0n) is 20.0. The Morgan fingerprint density at radius 2 is 2.00 bits per heavy atom. The van der Waals surface area contributed by atoms with E-state index < -0.39 is 11.6 Å². The van der Waals surface area contributed by atoms with Crippen molar-refractivity contribution in [1.29, 1.82) is 0 Å². The van der Waals surface area contributed by atoms with E-state index in [0.29, 0.717) is 60.8 Å². The van der Waals surface area contributed by atoms with Crippen molar-refractivity contribution >= 4 is 23.2 Å². The number of phenols is 1. The largest absolute Gasteiger partial charge is 0.505 e. The van der Waals surface area contributed by atoms with Crippen molar-refractivity contribution < 1.29 is 23.8 Å². The predicted octanol–water partition coefficient (Wildman–Crippen LogP) is 2.76. The van der Waals surface area contributed by atoms with E-state index in [1.165, 1.54) is 12.1 Å². The standard InChI is InChI=1S/C24H29FN6O4/c1-4-35-21-13-16(26-22(33)15-31-9-11-34-12-10-31)5-7-18(21)23-27-28-24(30(23)3)29(2)17-6-8-19(25)20(32)14-17/h5-8,13-14,32H,4,9-12,15H2,1-3H3,(H,26,33). The molecule has 0 saturated carbocycles. The van der Waals surface area contributed by atoms with Gasteiger partial charge in [0.15, 0.2) is 17.4 Å². The Labute approximate surface area is 202 Å². The van der Waals surface area contributed by atoms with Crippen molar-refractivity contribution in [2.24, 2.45) is 7.05 Å². The lowest BCUT2D eigenvalue weighted by molar-refractivity contribution is -0.118. The molecule has 1 amide bonds. The third-order valence-electron chi connectivity index (χ3n) is 5.75. The fourth-order valence-electron chi connectivity index (χ4n) is 3.90. The number of hydrogen-bond acceptors (Lipinski definition) is 8. The molecule has 1 fully saturated rings. The molecule has 1 aliphatic heterocycles. The third-order valence-corrected chi connectivity index (χ3v) is 5.75. The molecule has 11 heteroatoms. The number of ether oxygens (including phenoxy) is 2. The lowest BCUT2D eigenvalue weighted by Crippen LogP contribution is -2.41. The summed E-state index contributed by atoms with van der Waals surface area (Å²) >= 11 is 0. The van der Waals surface area contributed by atoms with Gasteiger partial charge in [-0.15, -0.1) is 10.2 Å². The smallest absolute Gasteiger partial charge is 0.238 e. The number of amides is 1. The Bertz CT molecular complexity index is 1190. The maximum Gasteiger partial charge on any atom is 0.238 e. The van der Waals surface area contributed by atoms with Crippen molar-refractivity contribution in [3.63, 3.8) is 0 Å². The molecule has 0 bridgehead atoms. The molecule has 2 heterocycles. The maximum atomic E-state index is 13.5. The first-order chi connectivity index (χ1) is 16.9. The molecule has 0 aliphatic carbocycles. The Hall–Kier alpha value is -3.70. The average Bonchev–Trinajstić information content (AvgIpc) is 3.22. The number of nitrogens with one attached hydrogen (secondary N) is 1. The number of halogens is 1. The summed E-state index contributed by atoms with van der Waals surface area (Å²) in [6.07, 6.45) is 0. The summed E-state index contributed by atoms with van der Waals surface area (Å²) in [6, 6.07) is 9.45. The predicted molar refractivity (Wildman–Crippen MR) is 130 cm³/mol. The van der Waals surface area contributed by atoms with Crippen LogP contribution in [0.2, 0.25) is 0 Å². The van der Waals surface area contributed by atoms with E-state index >= 15 is 0 Å². The van der Waals surface area contributed by atoms with E-state index in [0.717, 1.165) is 13.1 Å². The minimum Gasteiger partial charge on any atom is -0.505 e. The van der Waals surface area contributed by atoms with Crippen molar-refractivity contribution in [3.8, 4) is 22.9 Å². The zero-order chi connectivity index (χ0) is 24.9. The zero-order valence-corrected chi connectivity index (χ0v) is 20.0. The van der Waals surface area contributed by atoms with Crippen LogP contribution in [0.3, 0.4) is 0 Å². The van der Waals surface area contributed by atoms with E-state index in [1.807, 2.05) is 13.0 Å². The topological polar surface area (TPSA) is 105 Å². The Morgan fingerprint density at radius 1 is 1.23 bits per heavy atom. The van der Waals surface area contributed by atoms with Gasteiger partial charge in [0.2, 0.25) is 11.9 Å². The fourth-order valence-corrected chi connectivity index (χ4v) is 3.90. The molecule has 35 heavy (non-hydrogen) atoms. The second-order valence-corrected chi connectivity index (χ2v) is 8.16. The van der Waals surface area contributed by atoms with Gasteiger partial charge in [0.1, 0.15) is 5.75 Å². The monoisotopic (exact) mass is 484 g/mol. The molecule has 186 valence electrons. The van der Waals surface area contributed by atoms with Crippen LogP contribution in [0.25, 0.3) is 11.4 Å². The van der Waals surface area contributed by atoms with Gasteiger partial charge < -0.3 is 24.8 Å². The molecule has 3 aromatic rings. The number of hydrogen-bond donors (Lipinski definition) is 2. The van der Waals surface area contributed by atoms with E-state index in [1.54, 1.807) is 41.8 Å². The number of benzene rings is 2. The SMILES string of the molecule is CCOc1cc(NC(=O)CN2CCOCC2)ccc1-c1nnc(N(C)c2ccc(F)c(O)c2)n1C. The van der Waals surface area contributed by atoms with Crippen LogP contribution >= 0.6 is 0 Å².